The number of ether oxygens (including phenoxy) is 2. The Morgan fingerprint density at radius 2 is 1.87 bits per heavy atom. The number of amides is 1. The third kappa shape index (κ3) is 6.95. The SMILES string of the molecule is COCC(CCCNC(=O)OC(C)(C)C)NC1(C(F)(F)F)CC1. The van der Waals surface area contributed by atoms with Crippen molar-refractivity contribution in [1.29, 1.82) is 0 Å². The van der Waals surface area contributed by atoms with Gasteiger partial charge in [-0.05, 0) is 46.5 Å². The molecule has 0 bridgehead atoms. The number of alkyl carbamates (subject to hydrolysis) is 1. The molecule has 1 unspecified atom stereocenters. The zero-order valence-electron chi connectivity index (χ0n) is 14.2. The molecule has 2 N–H and O–H groups in total. The van der Waals surface area contributed by atoms with Crippen LogP contribution in [0.2, 0.25) is 0 Å². The monoisotopic (exact) mass is 340 g/mol. The molecule has 1 aliphatic rings. The molecule has 136 valence electrons. The molecule has 0 aromatic rings. The van der Waals surface area contributed by atoms with Gasteiger partial charge in [-0.25, -0.2) is 4.79 Å². The largest absolute Gasteiger partial charge is 0.444 e. The fraction of sp³-hybridized carbons (Fsp3) is 0.933. The summed E-state index contributed by atoms with van der Waals surface area (Å²) in [4.78, 5) is 11.5. The van der Waals surface area contributed by atoms with E-state index in [-0.39, 0.29) is 19.4 Å². The predicted molar refractivity (Wildman–Crippen MR) is 80.3 cm³/mol. The maximum Gasteiger partial charge on any atom is 0.407 e. The number of alkyl halides is 3. The second kappa shape index (κ2) is 7.70. The Kier molecular flexibility index (Phi) is 6.70. The van der Waals surface area contributed by atoms with Gasteiger partial charge in [0.25, 0.3) is 0 Å². The number of nitrogens with one attached hydrogen (secondary N) is 2. The molecule has 0 aliphatic heterocycles. The minimum absolute atomic E-state index is 0.104. The summed E-state index contributed by atoms with van der Waals surface area (Å²) >= 11 is 0. The summed E-state index contributed by atoms with van der Waals surface area (Å²) in [6.07, 6.45) is -3.55. The van der Waals surface area contributed by atoms with Gasteiger partial charge in [0.05, 0.1) is 6.61 Å². The summed E-state index contributed by atoms with van der Waals surface area (Å²) in [5.74, 6) is 0. The number of carbonyl (C=O) groups excluding carboxylic acids is 1. The lowest BCUT2D eigenvalue weighted by atomic mass is 10.1. The van der Waals surface area contributed by atoms with Gasteiger partial charge in [0.1, 0.15) is 11.1 Å². The average Bonchev–Trinajstić information content (AvgIpc) is 3.13. The predicted octanol–water partition coefficient (Wildman–Crippen LogP) is 2.99. The van der Waals surface area contributed by atoms with Crippen molar-refractivity contribution < 1.29 is 27.4 Å². The second-order valence-corrected chi connectivity index (χ2v) is 6.95. The molecule has 1 aliphatic carbocycles. The van der Waals surface area contributed by atoms with Gasteiger partial charge >= 0.3 is 12.3 Å². The minimum Gasteiger partial charge on any atom is -0.444 e. The maximum absolute atomic E-state index is 13.0. The van der Waals surface area contributed by atoms with Crippen molar-refractivity contribution in [2.75, 3.05) is 20.3 Å². The molecule has 0 heterocycles. The van der Waals surface area contributed by atoms with Crippen LogP contribution in [0.1, 0.15) is 46.5 Å². The Bertz CT molecular complexity index is 390. The quantitative estimate of drug-likeness (QED) is 0.667. The van der Waals surface area contributed by atoms with Gasteiger partial charge in [0, 0.05) is 19.7 Å². The summed E-state index contributed by atoms with van der Waals surface area (Å²) in [5.41, 5.74) is -2.33. The maximum atomic E-state index is 13.0. The van der Waals surface area contributed by atoms with Crippen molar-refractivity contribution in [2.45, 2.75) is 69.8 Å². The van der Waals surface area contributed by atoms with Crippen LogP contribution in [-0.2, 0) is 9.47 Å². The molecule has 0 radical (unpaired) electrons. The molecule has 5 nitrogen and oxygen atoms in total. The molecule has 1 rings (SSSR count). The first kappa shape index (κ1) is 20.0. The third-order valence-corrected chi connectivity index (χ3v) is 3.54. The molecular formula is C15H27F3N2O3. The topological polar surface area (TPSA) is 59.6 Å². The van der Waals surface area contributed by atoms with E-state index in [9.17, 15) is 18.0 Å². The van der Waals surface area contributed by atoms with Gasteiger partial charge in [-0.3, -0.25) is 5.32 Å². The lowest BCUT2D eigenvalue weighted by Gasteiger charge is -2.27. The summed E-state index contributed by atoms with van der Waals surface area (Å²) < 4.78 is 49.0. The first-order valence-corrected chi connectivity index (χ1v) is 7.79. The van der Waals surface area contributed by atoms with Crippen LogP contribution < -0.4 is 10.6 Å². The van der Waals surface area contributed by atoms with E-state index in [1.165, 1.54) is 7.11 Å². The van der Waals surface area contributed by atoms with Crippen LogP contribution in [0, 0.1) is 0 Å². The Morgan fingerprint density at radius 1 is 1.26 bits per heavy atom. The number of rotatable bonds is 8. The molecule has 1 fully saturated rings. The summed E-state index contributed by atoms with van der Waals surface area (Å²) in [6, 6.07) is -0.399. The molecule has 1 atom stereocenters. The highest BCUT2D eigenvalue weighted by molar-refractivity contribution is 5.67. The summed E-state index contributed by atoms with van der Waals surface area (Å²) in [6.45, 7) is 5.83. The molecular weight excluding hydrogens is 313 g/mol. The van der Waals surface area contributed by atoms with Crippen molar-refractivity contribution in [2.24, 2.45) is 0 Å². The number of hydrogen-bond acceptors (Lipinski definition) is 4. The van der Waals surface area contributed by atoms with Crippen molar-refractivity contribution >= 4 is 6.09 Å². The molecule has 8 heteroatoms. The highest BCUT2D eigenvalue weighted by Gasteiger charge is 2.63. The molecule has 0 spiro atoms. The summed E-state index contributed by atoms with van der Waals surface area (Å²) in [7, 11) is 1.46. The van der Waals surface area contributed by atoms with E-state index in [2.05, 4.69) is 10.6 Å². The lowest BCUT2D eigenvalue weighted by molar-refractivity contribution is -0.168. The number of halogens is 3. The van der Waals surface area contributed by atoms with E-state index in [0.717, 1.165) is 0 Å². The summed E-state index contributed by atoms with van der Waals surface area (Å²) in [5, 5.41) is 5.27. The standard InChI is InChI=1S/C15H27F3N2O3/c1-13(2,3)23-12(21)19-9-5-6-11(10-22-4)20-14(7-8-14)15(16,17)18/h11,20H,5-10H2,1-4H3,(H,19,21). The van der Waals surface area contributed by atoms with Crippen LogP contribution in [0.4, 0.5) is 18.0 Å². The van der Waals surface area contributed by atoms with Gasteiger partial charge in [0.15, 0.2) is 0 Å². The lowest BCUT2D eigenvalue weighted by Crippen LogP contribution is -2.51. The molecule has 1 amide bonds. The fourth-order valence-corrected chi connectivity index (χ4v) is 2.28. The van der Waals surface area contributed by atoms with E-state index in [4.69, 9.17) is 9.47 Å². The average molecular weight is 340 g/mol. The van der Waals surface area contributed by atoms with E-state index in [0.29, 0.717) is 19.4 Å². The van der Waals surface area contributed by atoms with Crippen LogP contribution in [0.25, 0.3) is 0 Å². The Labute approximate surface area is 135 Å². The van der Waals surface area contributed by atoms with Crippen LogP contribution in [-0.4, -0.2) is 49.7 Å². The van der Waals surface area contributed by atoms with E-state index in [1.54, 1.807) is 20.8 Å². The van der Waals surface area contributed by atoms with Gasteiger partial charge in [0.2, 0.25) is 0 Å². The van der Waals surface area contributed by atoms with E-state index < -0.39 is 29.5 Å². The molecule has 0 aromatic heterocycles. The second-order valence-electron chi connectivity index (χ2n) is 6.95. The van der Waals surface area contributed by atoms with Gasteiger partial charge in [-0.2, -0.15) is 13.2 Å². The molecule has 1 saturated carbocycles. The normalized spacial score (nSPS) is 18.4. The molecule has 23 heavy (non-hydrogen) atoms. The zero-order valence-corrected chi connectivity index (χ0v) is 14.2. The van der Waals surface area contributed by atoms with Crippen LogP contribution in [0.15, 0.2) is 0 Å². The van der Waals surface area contributed by atoms with Crippen molar-refractivity contribution in [3.8, 4) is 0 Å². The van der Waals surface area contributed by atoms with Crippen LogP contribution in [0.5, 0.6) is 0 Å². The Balaban J connectivity index is 2.33. The zero-order chi connectivity index (χ0) is 17.7. The number of methoxy groups -OCH3 is 1. The van der Waals surface area contributed by atoms with Crippen molar-refractivity contribution in [3.05, 3.63) is 0 Å². The Hall–Kier alpha value is -1.02. The molecule has 0 saturated heterocycles. The molecule has 0 aromatic carbocycles. The van der Waals surface area contributed by atoms with Gasteiger partial charge in [-0.1, -0.05) is 0 Å². The third-order valence-electron chi connectivity index (χ3n) is 3.54. The van der Waals surface area contributed by atoms with E-state index in [1.807, 2.05) is 0 Å². The fourth-order valence-electron chi connectivity index (χ4n) is 2.28. The van der Waals surface area contributed by atoms with Crippen molar-refractivity contribution in [3.63, 3.8) is 0 Å². The number of hydrogen-bond donors (Lipinski definition) is 2. The Morgan fingerprint density at radius 3 is 2.30 bits per heavy atom. The highest BCUT2D eigenvalue weighted by Crippen LogP contribution is 2.49. The van der Waals surface area contributed by atoms with Crippen molar-refractivity contribution in [1.82, 2.24) is 10.6 Å². The van der Waals surface area contributed by atoms with E-state index >= 15 is 0 Å². The van der Waals surface area contributed by atoms with Crippen LogP contribution >= 0.6 is 0 Å². The first-order chi connectivity index (χ1) is 10.5. The first-order valence-electron chi connectivity index (χ1n) is 7.79. The number of carbonyl (C=O) groups is 1. The highest BCUT2D eigenvalue weighted by atomic mass is 19.4. The van der Waals surface area contributed by atoms with Gasteiger partial charge in [-0.15, -0.1) is 0 Å². The van der Waals surface area contributed by atoms with Crippen LogP contribution in [0.3, 0.4) is 0 Å². The minimum atomic E-state index is -4.24. The van der Waals surface area contributed by atoms with Gasteiger partial charge < -0.3 is 14.8 Å². The smallest absolute Gasteiger partial charge is 0.407 e.